The molecule has 0 aromatic heterocycles. The van der Waals surface area contributed by atoms with E-state index < -0.39 is 23.7 Å². The fourth-order valence-electron chi connectivity index (χ4n) is 4.44. The highest BCUT2D eigenvalue weighted by Gasteiger charge is 2.47. The number of aliphatic carboxylic acids is 1. The summed E-state index contributed by atoms with van der Waals surface area (Å²) in [4.78, 5) is 39.1. The summed E-state index contributed by atoms with van der Waals surface area (Å²) in [6, 6.07) is 17.5. The van der Waals surface area contributed by atoms with Gasteiger partial charge in [0.15, 0.2) is 0 Å². The molecule has 1 atom stereocenters. The average Bonchev–Trinajstić information content (AvgIpc) is 3.15. The average molecular weight is 502 g/mol. The Hall–Kier alpha value is -4.59. The molecule has 1 saturated heterocycles. The molecule has 0 radical (unpaired) electrons. The highest BCUT2D eigenvalue weighted by atomic mass is 16.5. The van der Waals surface area contributed by atoms with E-state index in [1.807, 2.05) is 13.8 Å². The van der Waals surface area contributed by atoms with E-state index in [0.717, 1.165) is 5.56 Å². The van der Waals surface area contributed by atoms with Crippen LogP contribution in [0.15, 0.2) is 72.3 Å². The first-order chi connectivity index (χ1) is 17.7. The Balaban J connectivity index is 1.88. The van der Waals surface area contributed by atoms with Crippen molar-refractivity contribution in [1.29, 1.82) is 0 Å². The fourth-order valence-corrected chi connectivity index (χ4v) is 4.44. The molecule has 3 aromatic carbocycles. The van der Waals surface area contributed by atoms with Crippen LogP contribution in [0.1, 0.15) is 35.2 Å². The van der Waals surface area contributed by atoms with Gasteiger partial charge in [0.1, 0.15) is 17.3 Å². The standard InChI is InChI=1S/C29H27NO7/c1-4-37-23-13-10-20(14-17(23)2)27(33)25-26(19-6-5-7-22(16-19)36-3)30(29(35)28(25)34)21-11-8-18(9-12-21)15-24(31)32/h5-14,16,26,33H,4,15H2,1-3H3,(H,31,32)/b27-25-. The van der Waals surface area contributed by atoms with Crippen LogP contribution >= 0.6 is 0 Å². The number of Topliss-reactive ketones (excluding diaryl/α,β-unsaturated/α-hetero) is 1. The number of ether oxygens (including phenoxy) is 2. The number of amides is 1. The van der Waals surface area contributed by atoms with Crippen LogP contribution in [0.25, 0.3) is 5.76 Å². The van der Waals surface area contributed by atoms with E-state index >= 15 is 0 Å². The van der Waals surface area contributed by atoms with Crippen molar-refractivity contribution in [3.05, 3.63) is 94.6 Å². The highest BCUT2D eigenvalue weighted by Crippen LogP contribution is 2.43. The van der Waals surface area contributed by atoms with Gasteiger partial charge in [0, 0.05) is 11.3 Å². The predicted octanol–water partition coefficient (Wildman–Crippen LogP) is 4.66. The number of aryl methyl sites for hydroxylation is 1. The van der Waals surface area contributed by atoms with E-state index in [1.165, 1.54) is 12.0 Å². The molecule has 1 aliphatic heterocycles. The minimum Gasteiger partial charge on any atom is -0.507 e. The first-order valence-corrected chi connectivity index (χ1v) is 11.7. The van der Waals surface area contributed by atoms with Crippen molar-refractivity contribution >= 4 is 29.1 Å². The van der Waals surface area contributed by atoms with Gasteiger partial charge in [-0.15, -0.1) is 0 Å². The van der Waals surface area contributed by atoms with Gasteiger partial charge in [0.2, 0.25) is 0 Å². The van der Waals surface area contributed by atoms with Crippen LogP contribution in [0.3, 0.4) is 0 Å². The second kappa shape index (κ2) is 10.6. The molecule has 0 saturated carbocycles. The van der Waals surface area contributed by atoms with Gasteiger partial charge in [0.25, 0.3) is 11.7 Å². The van der Waals surface area contributed by atoms with Crippen molar-refractivity contribution in [2.45, 2.75) is 26.3 Å². The number of carboxylic acid groups (broad SMARTS) is 1. The maximum atomic E-state index is 13.4. The van der Waals surface area contributed by atoms with Gasteiger partial charge in [-0.25, -0.2) is 0 Å². The first kappa shape index (κ1) is 25.5. The third-order valence-corrected chi connectivity index (χ3v) is 6.17. The molecule has 0 spiro atoms. The lowest BCUT2D eigenvalue weighted by atomic mass is 9.94. The quantitative estimate of drug-likeness (QED) is 0.262. The highest BCUT2D eigenvalue weighted by molar-refractivity contribution is 6.51. The van der Waals surface area contributed by atoms with Crippen LogP contribution in [0.2, 0.25) is 0 Å². The van der Waals surface area contributed by atoms with Crippen molar-refractivity contribution < 1.29 is 34.1 Å². The smallest absolute Gasteiger partial charge is 0.307 e. The number of carbonyl (C=O) groups excluding carboxylic acids is 2. The molecule has 1 amide bonds. The van der Waals surface area contributed by atoms with Gasteiger partial charge in [-0.2, -0.15) is 0 Å². The van der Waals surface area contributed by atoms with Gasteiger partial charge in [-0.1, -0.05) is 24.3 Å². The number of nitrogens with zero attached hydrogens (tertiary/aromatic N) is 1. The summed E-state index contributed by atoms with van der Waals surface area (Å²) in [5.74, 6) is -1.73. The Morgan fingerprint density at radius 3 is 2.35 bits per heavy atom. The Bertz CT molecular complexity index is 1390. The number of ketones is 1. The van der Waals surface area contributed by atoms with Crippen molar-refractivity contribution in [1.82, 2.24) is 0 Å². The van der Waals surface area contributed by atoms with Crippen molar-refractivity contribution in [2.24, 2.45) is 0 Å². The number of carboxylic acids is 1. The lowest BCUT2D eigenvalue weighted by Gasteiger charge is -2.26. The van der Waals surface area contributed by atoms with Crippen LogP contribution in [0.4, 0.5) is 5.69 Å². The van der Waals surface area contributed by atoms with Gasteiger partial charge >= 0.3 is 5.97 Å². The molecule has 0 bridgehead atoms. The van der Waals surface area contributed by atoms with E-state index in [9.17, 15) is 19.5 Å². The molecule has 1 unspecified atom stereocenters. The van der Waals surface area contributed by atoms with Crippen LogP contribution in [0, 0.1) is 6.92 Å². The molecular formula is C29H27NO7. The van der Waals surface area contributed by atoms with E-state index in [4.69, 9.17) is 14.6 Å². The third kappa shape index (κ3) is 5.04. The molecule has 1 fully saturated rings. The molecule has 8 heteroatoms. The number of hydrogen-bond acceptors (Lipinski definition) is 6. The molecule has 190 valence electrons. The van der Waals surface area contributed by atoms with Crippen LogP contribution in [-0.4, -0.2) is 41.6 Å². The van der Waals surface area contributed by atoms with Crippen LogP contribution in [0.5, 0.6) is 11.5 Å². The van der Waals surface area contributed by atoms with Crippen LogP contribution < -0.4 is 14.4 Å². The monoisotopic (exact) mass is 501 g/mol. The SMILES string of the molecule is CCOc1ccc(/C(O)=C2/C(=O)C(=O)N(c3ccc(CC(=O)O)cc3)C2c2cccc(OC)c2)cc1C. The second-order valence-electron chi connectivity index (χ2n) is 8.60. The Morgan fingerprint density at radius 1 is 1.00 bits per heavy atom. The molecule has 2 N–H and O–H groups in total. The van der Waals surface area contributed by atoms with Crippen molar-refractivity contribution in [3.63, 3.8) is 0 Å². The summed E-state index contributed by atoms with van der Waals surface area (Å²) in [5, 5.41) is 20.4. The van der Waals surface area contributed by atoms with E-state index in [0.29, 0.717) is 40.5 Å². The number of rotatable bonds is 8. The summed E-state index contributed by atoms with van der Waals surface area (Å²) in [7, 11) is 1.51. The van der Waals surface area contributed by atoms with Gasteiger partial charge in [0.05, 0.1) is 31.8 Å². The van der Waals surface area contributed by atoms with E-state index in [1.54, 1.807) is 66.7 Å². The predicted molar refractivity (Wildman–Crippen MR) is 138 cm³/mol. The number of carbonyl (C=O) groups is 3. The molecular weight excluding hydrogens is 474 g/mol. The zero-order chi connectivity index (χ0) is 26.7. The number of aliphatic hydroxyl groups excluding tert-OH is 1. The summed E-state index contributed by atoms with van der Waals surface area (Å²) in [6.07, 6.45) is -0.171. The summed E-state index contributed by atoms with van der Waals surface area (Å²) in [6.45, 7) is 4.19. The molecule has 1 aliphatic rings. The number of aliphatic hydroxyl groups is 1. The maximum Gasteiger partial charge on any atom is 0.307 e. The van der Waals surface area contributed by atoms with Crippen molar-refractivity contribution in [3.8, 4) is 11.5 Å². The number of anilines is 1. The second-order valence-corrected chi connectivity index (χ2v) is 8.60. The zero-order valence-corrected chi connectivity index (χ0v) is 20.7. The van der Waals surface area contributed by atoms with Crippen molar-refractivity contribution in [2.75, 3.05) is 18.6 Å². The zero-order valence-electron chi connectivity index (χ0n) is 20.7. The maximum absolute atomic E-state index is 13.4. The normalized spacial score (nSPS) is 16.6. The lowest BCUT2D eigenvalue weighted by Crippen LogP contribution is -2.29. The lowest BCUT2D eigenvalue weighted by molar-refractivity contribution is -0.136. The third-order valence-electron chi connectivity index (χ3n) is 6.17. The number of hydrogen-bond donors (Lipinski definition) is 2. The minimum absolute atomic E-state index is 0.0589. The molecule has 0 aliphatic carbocycles. The largest absolute Gasteiger partial charge is 0.507 e. The summed E-state index contributed by atoms with van der Waals surface area (Å²) in [5.41, 5.74) is 2.60. The number of methoxy groups -OCH3 is 1. The summed E-state index contributed by atoms with van der Waals surface area (Å²) < 4.78 is 10.9. The molecule has 37 heavy (non-hydrogen) atoms. The van der Waals surface area contributed by atoms with E-state index in [2.05, 4.69) is 0 Å². The topological polar surface area (TPSA) is 113 Å². The Kier molecular flexibility index (Phi) is 7.29. The Labute approximate surface area is 214 Å². The summed E-state index contributed by atoms with van der Waals surface area (Å²) >= 11 is 0. The fraction of sp³-hybridized carbons (Fsp3) is 0.207. The Morgan fingerprint density at radius 2 is 1.73 bits per heavy atom. The van der Waals surface area contributed by atoms with Gasteiger partial charge in [-0.3, -0.25) is 19.3 Å². The molecule has 8 nitrogen and oxygen atoms in total. The minimum atomic E-state index is -0.977. The van der Waals surface area contributed by atoms with Crippen LogP contribution in [-0.2, 0) is 20.8 Å². The molecule has 1 heterocycles. The van der Waals surface area contributed by atoms with Gasteiger partial charge in [-0.05, 0) is 73.0 Å². The number of benzene rings is 3. The van der Waals surface area contributed by atoms with E-state index in [-0.39, 0.29) is 17.8 Å². The molecule has 4 rings (SSSR count). The first-order valence-electron chi connectivity index (χ1n) is 11.7. The van der Waals surface area contributed by atoms with Gasteiger partial charge < -0.3 is 19.7 Å². The molecule has 3 aromatic rings.